The van der Waals surface area contributed by atoms with Gasteiger partial charge in [0, 0.05) is 24.6 Å². The van der Waals surface area contributed by atoms with Crippen LogP contribution in [0.4, 0.5) is 0 Å². The maximum absolute atomic E-state index is 5.56. The highest BCUT2D eigenvalue weighted by atomic mass is 16.5. The van der Waals surface area contributed by atoms with Crippen molar-refractivity contribution >= 4 is 5.96 Å². The molecule has 0 bridgehead atoms. The third kappa shape index (κ3) is 5.64. The molecule has 0 radical (unpaired) electrons. The van der Waals surface area contributed by atoms with Crippen LogP contribution in [0.15, 0.2) is 29.5 Å². The van der Waals surface area contributed by atoms with Gasteiger partial charge in [0.1, 0.15) is 23.7 Å². The first-order valence-corrected chi connectivity index (χ1v) is 10.8. The molecule has 164 valence electrons. The van der Waals surface area contributed by atoms with Gasteiger partial charge in [-0.2, -0.15) is 0 Å². The Morgan fingerprint density at radius 1 is 1.27 bits per heavy atom. The van der Waals surface area contributed by atoms with Crippen LogP contribution in [0.2, 0.25) is 0 Å². The van der Waals surface area contributed by atoms with Crippen molar-refractivity contribution in [2.75, 3.05) is 20.8 Å². The predicted octanol–water partition coefficient (Wildman–Crippen LogP) is 3.10. The number of nitrogens with zero attached hydrogens (tertiary/aromatic N) is 4. The number of aromatic nitrogens is 3. The van der Waals surface area contributed by atoms with Gasteiger partial charge >= 0.3 is 0 Å². The molecule has 1 atom stereocenters. The Bertz CT molecular complexity index is 829. The van der Waals surface area contributed by atoms with Gasteiger partial charge in [-0.25, -0.2) is 0 Å². The molecule has 1 unspecified atom stereocenters. The summed E-state index contributed by atoms with van der Waals surface area (Å²) in [4.78, 5) is 4.85. The Morgan fingerprint density at radius 3 is 2.77 bits per heavy atom. The van der Waals surface area contributed by atoms with Crippen molar-refractivity contribution in [3.63, 3.8) is 0 Å². The smallest absolute Gasteiger partial charge is 0.192 e. The van der Waals surface area contributed by atoms with Crippen LogP contribution in [0, 0.1) is 0 Å². The minimum atomic E-state index is 0.00353. The number of rotatable bonds is 9. The molecule has 1 aliphatic rings. The Morgan fingerprint density at radius 2 is 2.07 bits per heavy atom. The fraction of sp³-hybridized carbons (Fsp3) is 0.591. The van der Waals surface area contributed by atoms with E-state index in [0.29, 0.717) is 12.6 Å². The van der Waals surface area contributed by atoms with E-state index in [4.69, 9.17) is 14.5 Å². The van der Waals surface area contributed by atoms with Crippen LogP contribution < -0.4 is 20.1 Å². The number of methoxy groups -OCH3 is 2. The summed E-state index contributed by atoms with van der Waals surface area (Å²) in [7, 11) is 3.36. The molecule has 8 heteroatoms. The monoisotopic (exact) mass is 414 g/mol. The number of hydrogen-bond acceptors (Lipinski definition) is 5. The standard InChI is InChI=1S/C22H34N6O2/c1-5-21-27-24-15-28(21)13-12-23-22(26-17-8-6-7-9-17)25-16(2)19-14-18(29-3)10-11-20(19)30-4/h10-11,14-17H,5-9,12-13H2,1-4H3,(H2,23,25,26). The van der Waals surface area contributed by atoms with E-state index < -0.39 is 0 Å². The highest BCUT2D eigenvalue weighted by molar-refractivity contribution is 5.80. The molecule has 1 fully saturated rings. The zero-order chi connectivity index (χ0) is 21.3. The largest absolute Gasteiger partial charge is 0.497 e. The fourth-order valence-electron chi connectivity index (χ4n) is 3.87. The van der Waals surface area contributed by atoms with Crippen molar-refractivity contribution in [2.45, 2.75) is 64.6 Å². The number of aliphatic imine (C=N–C) groups is 1. The molecule has 1 aromatic heterocycles. The van der Waals surface area contributed by atoms with Crippen LogP contribution in [-0.4, -0.2) is 47.5 Å². The average molecular weight is 415 g/mol. The maximum atomic E-state index is 5.56. The molecule has 3 rings (SSSR count). The average Bonchev–Trinajstić information content (AvgIpc) is 3.44. The van der Waals surface area contributed by atoms with Crippen LogP contribution in [-0.2, 0) is 13.0 Å². The Labute approximate surface area is 179 Å². The van der Waals surface area contributed by atoms with Crippen LogP contribution in [0.5, 0.6) is 11.5 Å². The zero-order valence-corrected chi connectivity index (χ0v) is 18.5. The second-order valence-electron chi connectivity index (χ2n) is 7.62. The lowest BCUT2D eigenvalue weighted by Gasteiger charge is -2.23. The summed E-state index contributed by atoms with van der Waals surface area (Å²) < 4.78 is 13.0. The first kappa shape index (κ1) is 21.9. The normalized spacial score (nSPS) is 15.8. The van der Waals surface area contributed by atoms with Crippen molar-refractivity contribution in [2.24, 2.45) is 4.99 Å². The summed E-state index contributed by atoms with van der Waals surface area (Å²) in [6.45, 7) is 5.60. The van der Waals surface area contributed by atoms with Crippen molar-refractivity contribution in [1.82, 2.24) is 25.4 Å². The molecule has 0 amide bonds. The molecule has 1 saturated carbocycles. The Hall–Kier alpha value is -2.77. The maximum Gasteiger partial charge on any atom is 0.192 e. The number of aryl methyl sites for hydroxylation is 1. The van der Waals surface area contributed by atoms with E-state index >= 15 is 0 Å². The third-order valence-electron chi connectivity index (χ3n) is 5.58. The fourth-order valence-corrected chi connectivity index (χ4v) is 3.87. The molecule has 8 nitrogen and oxygen atoms in total. The lowest BCUT2D eigenvalue weighted by atomic mass is 10.1. The summed E-state index contributed by atoms with van der Waals surface area (Å²) in [5.74, 6) is 3.44. The second-order valence-corrected chi connectivity index (χ2v) is 7.62. The van der Waals surface area contributed by atoms with Crippen LogP contribution in [0.3, 0.4) is 0 Å². The summed E-state index contributed by atoms with van der Waals surface area (Å²) in [6.07, 6.45) is 7.54. The second kappa shape index (κ2) is 10.8. The van der Waals surface area contributed by atoms with Gasteiger partial charge in [0.05, 0.1) is 26.8 Å². The van der Waals surface area contributed by atoms with E-state index in [1.807, 2.05) is 18.2 Å². The number of hydrogen-bond donors (Lipinski definition) is 2. The van der Waals surface area contributed by atoms with Crippen molar-refractivity contribution in [1.29, 1.82) is 0 Å². The van der Waals surface area contributed by atoms with E-state index in [1.54, 1.807) is 20.5 Å². The van der Waals surface area contributed by atoms with Crippen molar-refractivity contribution in [3.05, 3.63) is 35.9 Å². The predicted molar refractivity (Wildman–Crippen MR) is 118 cm³/mol. The summed E-state index contributed by atoms with van der Waals surface area (Å²) in [6, 6.07) is 6.33. The number of guanidine groups is 1. The lowest BCUT2D eigenvalue weighted by molar-refractivity contribution is 0.394. The van der Waals surface area contributed by atoms with Crippen LogP contribution in [0.1, 0.15) is 57.0 Å². The van der Waals surface area contributed by atoms with Gasteiger partial charge < -0.3 is 24.7 Å². The van der Waals surface area contributed by atoms with E-state index in [1.165, 1.54) is 25.7 Å². The van der Waals surface area contributed by atoms with Gasteiger partial charge in [-0.3, -0.25) is 4.99 Å². The molecule has 30 heavy (non-hydrogen) atoms. The number of ether oxygens (including phenoxy) is 2. The quantitative estimate of drug-likeness (QED) is 0.484. The molecule has 1 aromatic carbocycles. The first-order chi connectivity index (χ1) is 14.6. The molecule has 1 heterocycles. The molecular weight excluding hydrogens is 380 g/mol. The van der Waals surface area contributed by atoms with E-state index in [0.717, 1.165) is 41.8 Å². The van der Waals surface area contributed by atoms with Gasteiger partial charge in [0.2, 0.25) is 0 Å². The zero-order valence-electron chi connectivity index (χ0n) is 18.5. The SMILES string of the molecule is CCc1nncn1CCN=C(NC1CCCC1)NC(C)c1cc(OC)ccc1OC. The summed E-state index contributed by atoms with van der Waals surface area (Å²) >= 11 is 0. The molecule has 2 N–H and O–H groups in total. The highest BCUT2D eigenvalue weighted by Gasteiger charge is 2.19. The van der Waals surface area contributed by atoms with Crippen molar-refractivity contribution in [3.8, 4) is 11.5 Å². The van der Waals surface area contributed by atoms with Crippen LogP contribution in [0.25, 0.3) is 0 Å². The summed E-state index contributed by atoms with van der Waals surface area (Å²) in [5.41, 5.74) is 1.03. The molecule has 0 aliphatic heterocycles. The van der Waals surface area contributed by atoms with Gasteiger partial charge in [-0.05, 0) is 38.0 Å². The van der Waals surface area contributed by atoms with Crippen molar-refractivity contribution < 1.29 is 9.47 Å². The van der Waals surface area contributed by atoms with Gasteiger partial charge in [0.15, 0.2) is 5.96 Å². The Kier molecular flexibility index (Phi) is 7.93. The molecular formula is C22H34N6O2. The first-order valence-electron chi connectivity index (χ1n) is 10.8. The van der Waals surface area contributed by atoms with Gasteiger partial charge in [0.25, 0.3) is 0 Å². The molecule has 2 aromatic rings. The third-order valence-corrected chi connectivity index (χ3v) is 5.58. The number of benzene rings is 1. The van der Waals surface area contributed by atoms with Gasteiger partial charge in [-0.15, -0.1) is 10.2 Å². The summed E-state index contributed by atoms with van der Waals surface area (Å²) in [5, 5.41) is 15.3. The number of nitrogens with one attached hydrogen (secondary N) is 2. The minimum absolute atomic E-state index is 0.00353. The lowest BCUT2D eigenvalue weighted by Crippen LogP contribution is -2.43. The van der Waals surface area contributed by atoms with E-state index in [-0.39, 0.29) is 6.04 Å². The van der Waals surface area contributed by atoms with E-state index in [2.05, 4.69) is 39.2 Å². The molecule has 1 aliphatic carbocycles. The van der Waals surface area contributed by atoms with Crippen LogP contribution >= 0.6 is 0 Å². The Balaban J connectivity index is 1.73. The minimum Gasteiger partial charge on any atom is -0.497 e. The van der Waals surface area contributed by atoms with E-state index in [9.17, 15) is 0 Å². The topological polar surface area (TPSA) is 85.6 Å². The molecule has 0 saturated heterocycles. The highest BCUT2D eigenvalue weighted by Crippen LogP contribution is 2.29. The van der Waals surface area contributed by atoms with Gasteiger partial charge in [-0.1, -0.05) is 19.8 Å². The molecule has 0 spiro atoms.